The van der Waals surface area contributed by atoms with Crippen molar-refractivity contribution >= 4 is 12.0 Å². The molecule has 0 fully saturated rings. The molecule has 3 heteroatoms. The summed E-state index contributed by atoms with van der Waals surface area (Å²) in [6.45, 7) is 8.19. The standard InChI is InChI=1S/C16H19NO2/c1-4-17(5-2)15-8-6-12(3)10-14(15)16-9-7-13(11-18)19-16/h6-11H,4-5H2,1-3H3. The van der Waals surface area contributed by atoms with Crippen molar-refractivity contribution in [3.8, 4) is 11.3 Å². The lowest BCUT2D eigenvalue weighted by atomic mass is 10.1. The van der Waals surface area contributed by atoms with E-state index in [-0.39, 0.29) is 0 Å². The first-order valence-electron chi connectivity index (χ1n) is 6.60. The molecule has 0 unspecified atom stereocenters. The number of carbonyl (C=O) groups is 1. The molecule has 2 rings (SSSR count). The lowest BCUT2D eigenvalue weighted by Gasteiger charge is -2.23. The van der Waals surface area contributed by atoms with E-state index in [9.17, 15) is 4.79 Å². The second-order valence-corrected chi connectivity index (χ2v) is 4.51. The fourth-order valence-electron chi connectivity index (χ4n) is 2.25. The molecule has 1 aromatic carbocycles. The minimum Gasteiger partial charge on any atom is -0.453 e. The highest BCUT2D eigenvalue weighted by molar-refractivity contribution is 5.79. The highest BCUT2D eigenvalue weighted by Crippen LogP contribution is 2.32. The number of benzene rings is 1. The number of aryl methyl sites for hydroxylation is 1. The zero-order chi connectivity index (χ0) is 13.8. The van der Waals surface area contributed by atoms with Gasteiger partial charge in [0.05, 0.1) is 0 Å². The summed E-state index contributed by atoms with van der Waals surface area (Å²) in [7, 11) is 0. The molecule has 0 atom stereocenters. The van der Waals surface area contributed by atoms with Gasteiger partial charge in [-0.3, -0.25) is 4.79 Å². The average Bonchev–Trinajstić information content (AvgIpc) is 2.90. The van der Waals surface area contributed by atoms with E-state index in [1.807, 2.05) is 6.07 Å². The van der Waals surface area contributed by atoms with Gasteiger partial charge in [0, 0.05) is 24.3 Å². The first-order chi connectivity index (χ1) is 9.19. The third-order valence-corrected chi connectivity index (χ3v) is 3.26. The molecule has 0 aliphatic carbocycles. The van der Waals surface area contributed by atoms with Crippen molar-refractivity contribution in [1.29, 1.82) is 0 Å². The van der Waals surface area contributed by atoms with E-state index < -0.39 is 0 Å². The normalized spacial score (nSPS) is 10.5. The lowest BCUT2D eigenvalue weighted by molar-refractivity contribution is 0.110. The zero-order valence-corrected chi connectivity index (χ0v) is 11.6. The Labute approximate surface area is 113 Å². The molecule has 1 heterocycles. The van der Waals surface area contributed by atoms with Gasteiger partial charge in [-0.25, -0.2) is 0 Å². The molecule has 2 aromatic rings. The predicted octanol–water partition coefficient (Wildman–Crippen LogP) is 3.91. The fourth-order valence-corrected chi connectivity index (χ4v) is 2.25. The molecule has 0 aliphatic rings. The van der Waals surface area contributed by atoms with E-state index in [2.05, 4.69) is 43.9 Å². The van der Waals surface area contributed by atoms with Gasteiger partial charge in [-0.1, -0.05) is 11.6 Å². The van der Waals surface area contributed by atoms with Crippen LogP contribution in [0, 0.1) is 6.92 Å². The number of hydrogen-bond acceptors (Lipinski definition) is 3. The molecular formula is C16H19NO2. The topological polar surface area (TPSA) is 33.5 Å². The maximum absolute atomic E-state index is 10.7. The zero-order valence-electron chi connectivity index (χ0n) is 11.6. The van der Waals surface area contributed by atoms with Gasteiger partial charge >= 0.3 is 0 Å². The molecule has 0 N–H and O–H groups in total. The molecule has 100 valence electrons. The highest BCUT2D eigenvalue weighted by atomic mass is 16.3. The summed E-state index contributed by atoms with van der Waals surface area (Å²) in [4.78, 5) is 13.0. The van der Waals surface area contributed by atoms with Gasteiger partial charge in [0.25, 0.3) is 0 Å². The van der Waals surface area contributed by atoms with Crippen LogP contribution in [0.15, 0.2) is 34.7 Å². The van der Waals surface area contributed by atoms with Crippen LogP contribution in [0.1, 0.15) is 30.0 Å². The Bertz CT molecular complexity index is 568. The maximum atomic E-state index is 10.7. The minimum atomic E-state index is 0.363. The Balaban J connectivity index is 2.53. The molecule has 0 spiro atoms. The van der Waals surface area contributed by atoms with E-state index in [1.165, 1.54) is 5.56 Å². The van der Waals surface area contributed by atoms with Crippen molar-refractivity contribution in [2.45, 2.75) is 20.8 Å². The number of furan rings is 1. The Kier molecular flexibility index (Phi) is 4.05. The Hall–Kier alpha value is -2.03. The van der Waals surface area contributed by atoms with Crippen LogP contribution in [-0.4, -0.2) is 19.4 Å². The van der Waals surface area contributed by atoms with Gasteiger partial charge in [-0.15, -0.1) is 0 Å². The smallest absolute Gasteiger partial charge is 0.185 e. The second-order valence-electron chi connectivity index (χ2n) is 4.51. The van der Waals surface area contributed by atoms with Crippen LogP contribution in [0.4, 0.5) is 5.69 Å². The van der Waals surface area contributed by atoms with Gasteiger partial charge in [-0.05, 0) is 45.0 Å². The summed E-state index contributed by atoms with van der Waals surface area (Å²) in [5.41, 5.74) is 3.36. The minimum absolute atomic E-state index is 0.363. The molecule has 19 heavy (non-hydrogen) atoms. The van der Waals surface area contributed by atoms with Crippen LogP contribution in [0.5, 0.6) is 0 Å². The molecule has 0 saturated carbocycles. The largest absolute Gasteiger partial charge is 0.453 e. The first kappa shape index (κ1) is 13.4. The van der Waals surface area contributed by atoms with Crippen molar-refractivity contribution < 1.29 is 9.21 Å². The maximum Gasteiger partial charge on any atom is 0.185 e. The van der Waals surface area contributed by atoms with Crippen molar-refractivity contribution in [3.05, 3.63) is 41.7 Å². The molecule has 3 nitrogen and oxygen atoms in total. The summed E-state index contributed by atoms with van der Waals surface area (Å²) in [5, 5.41) is 0. The second kappa shape index (κ2) is 5.74. The highest BCUT2D eigenvalue weighted by Gasteiger charge is 2.13. The molecule has 0 aliphatic heterocycles. The molecule has 0 saturated heterocycles. The first-order valence-corrected chi connectivity index (χ1v) is 6.60. The predicted molar refractivity (Wildman–Crippen MR) is 77.8 cm³/mol. The van der Waals surface area contributed by atoms with E-state index in [1.54, 1.807) is 6.07 Å². The van der Waals surface area contributed by atoms with Gasteiger partial charge in [0.1, 0.15) is 5.76 Å². The van der Waals surface area contributed by atoms with Gasteiger partial charge in [0.2, 0.25) is 0 Å². The van der Waals surface area contributed by atoms with Crippen LogP contribution in [0.3, 0.4) is 0 Å². The molecule has 0 bridgehead atoms. The molecule has 0 amide bonds. The van der Waals surface area contributed by atoms with Crippen molar-refractivity contribution in [3.63, 3.8) is 0 Å². The molecular weight excluding hydrogens is 238 g/mol. The monoisotopic (exact) mass is 257 g/mol. The summed E-state index contributed by atoms with van der Waals surface area (Å²) in [6.07, 6.45) is 0.733. The third kappa shape index (κ3) is 2.70. The van der Waals surface area contributed by atoms with Gasteiger partial charge in [-0.2, -0.15) is 0 Å². The SMILES string of the molecule is CCN(CC)c1ccc(C)cc1-c1ccc(C=O)o1. The number of nitrogens with zero attached hydrogens (tertiary/aromatic N) is 1. The van der Waals surface area contributed by atoms with Crippen LogP contribution in [0.25, 0.3) is 11.3 Å². The van der Waals surface area contributed by atoms with Gasteiger partial charge < -0.3 is 9.32 Å². The van der Waals surface area contributed by atoms with Crippen LogP contribution >= 0.6 is 0 Å². The van der Waals surface area contributed by atoms with E-state index in [4.69, 9.17) is 4.42 Å². The Morgan fingerprint density at radius 2 is 1.89 bits per heavy atom. The molecule has 1 aromatic heterocycles. The Morgan fingerprint density at radius 3 is 2.47 bits per heavy atom. The number of anilines is 1. The summed E-state index contributed by atoms with van der Waals surface area (Å²) in [6, 6.07) is 9.87. The van der Waals surface area contributed by atoms with Crippen LogP contribution in [-0.2, 0) is 0 Å². The summed E-state index contributed by atoms with van der Waals surface area (Å²) < 4.78 is 5.56. The van der Waals surface area contributed by atoms with Crippen molar-refractivity contribution in [2.75, 3.05) is 18.0 Å². The van der Waals surface area contributed by atoms with E-state index in [0.29, 0.717) is 5.76 Å². The quantitative estimate of drug-likeness (QED) is 0.761. The number of carbonyl (C=O) groups excluding carboxylic acids is 1. The Morgan fingerprint density at radius 1 is 1.16 bits per heavy atom. The lowest BCUT2D eigenvalue weighted by Crippen LogP contribution is -2.22. The summed E-state index contributed by atoms with van der Waals surface area (Å²) >= 11 is 0. The third-order valence-electron chi connectivity index (χ3n) is 3.26. The molecule has 0 radical (unpaired) electrons. The van der Waals surface area contributed by atoms with E-state index >= 15 is 0 Å². The number of rotatable bonds is 5. The van der Waals surface area contributed by atoms with Crippen LogP contribution in [0.2, 0.25) is 0 Å². The van der Waals surface area contributed by atoms with Crippen molar-refractivity contribution in [1.82, 2.24) is 0 Å². The summed E-state index contributed by atoms with van der Waals surface area (Å²) in [5.74, 6) is 1.11. The number of aldehydes is 1. The number of hydrogen-bond donors (Lipinski definition) is 0. The van der Waals surface area contributed by atoms with Crippen molar-refractivity contribution in [2.24, 2.45) is 0 Å². The fraction of sp³-hybridized carbons (Fsp3) is 0.312. The van der Waals surface area contributed by atoms with Gasteiger partial charge in [0.15, 0.2) is 12.0 Å². The van der Waals surface area contributed by atoms with Crippen LogP contribution < -0.4 is 4.90 Å². The average molecular weight is 257 g/mol. The van der Waals surface area contributed by atoms with E-state index in [0.717, 1.165) is 36.4 Å².